The van der Waals surface area contributed by atoms with Crippen molar-refractivity contribution in [2.24, 2.45) is 0 Å². The van der Waals surface area contributed by atoms with Crippen LogP contribution in [0.1, 0.15) is 35.5 Å². The molecule has 0 spiro atoms. The molecular formula is C22H21N3O5. The number of anilines is 1. The average molecular weight is 407 g/mol. The number of hydrogen-bond donors (Lipinski definition) is 1. The summed E-state index contributed by atoms with van der Waals surface area (Å²) in [6, 6.07) is 12.4. The lowest BCUT2D eigenvalue weighted by atomic mass is 10.1. The van der Waals surface area contributed by atoms with Crippen molar-refractivity contribution in [3.05, 3.63) is 65.7 Å². The SMILES string of the molecule is CCOc1ccc(NC(=O)[C@@H](C)OC(=O)c2c(C)oc(-n3cccc3)c2C#N)cc1. The first-order valence-corrected chi connectivity index (χ1v) is 9.36. The number of nitrogens with zero attached hydrogens (tertiary/aromatic N) is 2. The molecule has 0 aliphatic heterocycles. The van der Waals surface area contributed by atoms with Gasteiger partial charge in [-0.3, -0.25) is 9.36 Å². The van der Waals surface area contributed by atoms with Gasteiger partial charge >= 0.3 is 5.97 Å². The van der Waals surface area contributed by atoms with Crippen LogP contribution in [0.3, 0.4) is 0 Å². The number of aryl methyl sites for hydroxylation is 1. The van der Waals surface area contributed by atoms with Gasteiger partial charge in [0.1, 0.15) is 28.7 Å². The maximum atomic E-state index is 12.7. The number of nitrogens with one attached hydrogen (secondary N) is 1. The lowest BCUT2D eigenvalue weighted by Gasteiger charge is -2.13. The van der Waals surface area contributed by atoms with Crippen LogP contribution >= 0.6 is 0 Å². The molecule has 0 fully saturated rings. The smallest absolute Gasteiger partial charge is 0.343 e. The molecule has 0 saturated carbocycles. The van der Waals surface area contributed by atoms with E-state index in [4.69, 9.17) is 13.9 Å². The maximum Gasteiger partial charge on any atom is 0.343 e. The predicted molar refractivity (Wildman–Crippen MR) is 109 cm³/mol. The summed E-state index contributed by atoms with van der Waals surface area (Å²) in [4.78, 5) is 25.1. The highest BCUT2D eigenvalue weighted by Gasteiger charge is 2.28. The fourth-order valence-corrected chi connectivity index (χ4v) is 2.85. The van der Waals surface area contributed by atoms with E-state index < -0.39 is 18.0 Å². The summed E-state index contributed by atoms with van der Waals surface area (Å²) < 4.78 is 17.8. The summed E-state index contributed by atoms with van der Waals surface area (Å²) in [7, 11) is 0. The van der Waals surface area contributed by atoms with E-state index in [-0.39, 0.29) is 22.8 Å². The van der Waals surface area contributed by atoms with Crippen molar-refractivity contribution in [3.8, 4) is 17.7 Å². The molecule has 2 heterocycles. The third-order valence-corrected chi connectivity index (χ3v) is 4.31. The second-order valence-corrected chi connectivity index (χ2v) is 6.41. The van der Waals surface area contributed by atoms with E-state index in [1.54, 1.807) is 60.3 Å². The van der Waals surface area contributed by atoms with Crippen LogP contribution in [0, 0.1) is 18.3 Å². The highest BCUT2D eigenvalue weighted by Crippen LogP contribution is 2.26. The summed E-state index contributed by atoms with van der Waals surface area (Å²) in [5, 5.41) is 12.2. The van der Waals surface area contributed by atoms with E-state index in [9.17, 15) is 14.9 Å². The molecule has 0 radical (unpaired) electrons. The number of benzene rings is 1. The molecule has 0 saturated heterocycles. The third kappa shape index (κ3) is 4.36. The molecular weight excluding hydrogens is 386 g/mol. The molecule has 0 bridgehead atoms. The van der Waals surface area contributed by atoms with Gasteiger partial charge in [-0.2, -0.15) is 5.26 Å². The van der Waals surface area contributed by atoms with Crippen LogP contribution in [0.4, 0.5) is 5.69 Å². The molecule has 1 atom stereocenters. The molecule has 1 N–H and O–H groups in total. The number of rotatable bonds is 7. The van der Waals surface area contributed by atoms with Crippen molar-refractivity contribution in [3.63, 3.8) is 0 Å². The van der Waals surface area contributed by atoms with Gasteiger partial charge in [0.05, 0.1) is 6.61 Å². The molecule has 0 unspecified atom stereocenters. The van der Waals surface area contributed by atoms with Crippen molar-refractivity contribution >= 4 is 17.6 Å². The molecule has 8 nitrogen and oxygen atoms in total. The van der Waals surface area contributed by atoms with Crippen LogP contribution in [0.5, 0.6) is 5.75 Å². The van der Waals surface area contributed by atoms with Crippen LogP contribution in [-0.4, -0.2) is 29.2 Å². The highest BCUT2D eigenvalue weighted by molar-refractivity contribution is 5.99. The van der Waals surface area contributed by atoms with Crippen LogP contribution in [0.25, 0.3) is 5.88 Å². The van der Waals surface area contributed by atoms with Crippen molar-refractivity contribution in [1.82, 2.24) is 4.57 Å². The zero-order valence-corrected chi connectivity index (χ0v) is 16.8. The van der Waals surface area contributed by atoms with Crippen molar-refractivity contribution in [2.75, 3.05) is 11.9 Å². The first-order chi connectivity index (χ1) is 14.4. The zero-order chi connectivity index (χ0) is 21.7. The van der Waals surface area contributed by atoms with E-state index in [0.29, 0.717) is 18.0 Å². The third-order valence-electron chi connectivity index (χ3n) is 4.31. The Morgan fingerprint density at radius 3 is 2.50 bits per heavy atom. The molecule has 0 aliphatic carbocycles. The van der Waals surface area contributed by atoms with E-state index in [1.807, 2.05) is 13.0 Å². The maximum absolute atomic E-state index is 12.7. The monoisotopic (exact) mass is 407 g/mol. The van der Waals surface area contributed by atoms with Gasteiger partial charge in [-0.05, 0) is 57.2 Å². The Morgan fingerprint density at radius 2 is 1.90 bits per heavy atom. The summed E-state index contributed by atoms with van der Waals surface area (Å²) in [5.41, 5.74) is 0.591. The van der Waals surface area contributed by atoms with Gasteiger partial charge in [-0.25, -0.2) is 4.79 Å². The van der Waals surface area contributed by atoms with Gasteiger partial charge in [0.25, 0.3) is 5.91 Å². The number of ether oxygens (including phenoxy) is 2. The number of hydrogen-bond acceptors (Lipinski definition) is 6. The Hall–Kier alpha value is -3.99. The number of esters is 1. The van der Waals surface area contributed by atoms with Crippen LogP contribution in [0.15, 0.2) is 53.2 Å². The lowest BCUT2D eigenvalue weighted by molar-refractivity contribution is -0.123. The number of carbonyl (C=O) groups is 2. The minimum atomic E-state index is -1.08. The van der Waals surface area contributed by atoms with Gasteiger partial charge in [0, 0.05) is 18.1 Å². The van der Waals surface area contributed by atoms with E-state index in [2.05, 4.69) is 5.32 Å². The first kappa shape index (κ1) is 20.7. The second kappa shape index (κ2) is 9.01. The van der Waals surface area contributed by atoms with Crippen molar-refractivity contribution in [1.29, 1.82) is 5.26 Å². The Balaban J connectivity index is 1.71. The van der Waals surface area contributed by atoms with E-state index >= 15 is 0 Å². The van der Waals surface area contributed by atoms with E-state index in [1.165, 1.54) is 6.92 Å². The van der Waals surface area contributed by atoms with Crippen molar-refractivity contribution in [2.45, 2.75) is 26.9 Å². The minimum absolute atomic E-state index is 0.00178. The Kier molecular flexibility index (Phi) is 6.23. The fourth-order valence-electron chi connectivity index (χ4n) is 2.85. The van der Waals surface area contributed by atoms with Crippen LogP contribution in [-0.2, 0) is 9.53 Å². The normalized spacial score (nSPS) is 11.4. The first-order valence-electron chi connectivity index (χ1n) is 9.36. The number of carbonyl (C=O) groups excluding carboxylic acids is 2. The molecule has 1 aromatic carbocycles. The molecule has 8 heteroatoms. The highest BCUT2D eigenvalue weighted by atomic mass is 16.5. The fraction of sp³-hybridized carbons (Fsp3) is 0.227. The second-order valence-electron chi connectivity index (χ2n) is 6.41. The molecule has 2 aromatic heterocycles. The summed E-state index contributed by atoms with van der Waals surface area (Å²) in [6.07, 6.45) is 2.31. The summed E-state index contributed by atoms with van der Waals surface area (Å²) in [5.74, 6) is -0.163. The number of nitriles is 1. The Morgan fingerprint density at radius 1 is 1.23 bits per heavy atom. The van der Waals surface area contributed by atoms with Crippen LogP contribution in [0.2, 0.25) is 0 Å². The minimum Gasteiger partial charge on any atom is -0.494 e. The number of aromatic nitrogens is 1. The zero-order valence-electron chi connectivity index (χ0n) is 16.8. The molecule has 0 aliphatic rings. The van der Waals surface area contributed by atoms with Gasteiger partial charge in [-0.15, -0.1) is 0 Å². The summed E-state index contributed by atoms with van der Waals surface area (Å²) in [6.45, 7) is 5.45. The Bertz CT molecular complexity index is 1080. The molecule has 30 heavy (non-hydrogen) atoms. The largest absolute Gasteiger partial charge is 0.494 e. The molecule has 3 rings (SSSR count). The van der Waals surface area contributed by atoms with Gasteiger partial charge in [0.15, 0.2) is 6.10 Å². The molecule has 1 amide bonds. The molecule has 154 valence electrons. The predicted octanol–water partition coefficient (Wildman–Crippen LogP) is 3.83. The van der Waals surface area contributed by atoms with Gasteiger partial charge in [-0.1, -0.05) is 0 Å². The van der Waals surface area contributed by atoms with Gasteiger partial charge < -0.3 is 19.2 Å². The standard InChI is InChI=1S/C22H21N3O5/c1-4-28-17-9-7-16(8-10-17)24-20(26)15(3)30-22(27)19-14(2)29-21(18(19)13-23)25-11-5-6-12-25/h5-12,15H,4H2,1-3H3,(H,24,26)/t15-/m1/s1. The van der Waals surface area contributed by atoms with Crippen molar-refractivity contribution < 1.29 is 23.5 Å². The summed E-state index contributed by atoms with van der Waals surface area (Å²) >= 11 is 0. The lowest BCUT2D eigenvalue weighted by Crippen LogP contribution is -2.30. The topological polar surface area (TPSA) is 106 Å². The molecule has 3 aromatic rings. The number of amides is 1. The van der Waals surface area contributed by atoms with Gasteiger partial charge in [0.2, 0.25) is 5.88 Å². The quantitative estimate of drug-likeness (QED) is 0.597. The van der Waals surface area contributed by atoms with E-state index in [0.717, 1.165) is 0 Å². The Labute approximate surface area is 173 Å². The van der Waals surface area contributed by atoms with Crippen LogP contribution < -0.4 is 10.1 Å². The number of furan rings is 1. The average Bonchev–Trinajstić information content (AvgIpc) is 3.36.